The summed E-state index contributed by atoms with van der Waals surface area (Å²) in [6.07, 6.45) is 3.14. The number of carbonyl (C=O) groups is 1. The molecule has 1 N–H and O–H groups in total. The lowest BCUT2D eigenvalue weighted by Gasteiger charge is -2.31. The topological polar surface area (TPSA) is 66.3 Å². The van der Waals surface area contributed by atoms with Crippen molar-refractivity contribution in [1.29, 1.82) is 0 Å². The van der Waals surface area contributed by atoms with Crippen LogP contribution < -0.4 is 4.90 Å². The van der Waals surface area contributed by atoms with Gasteiger partial charge in [0.25, 0.3) is 0 Å². The molecule has 0 saturated carbocycles. The van der Waals surface area contributed by atoms with E-state index < -0.39 is 5.97 Å². The second kappa shape index (κ2) is 6.51. The second-order valence-corrected chi connectivity index (χ2v) is 6.39. The van der Waals surface area contributed by atoms with E-state index in [0.717, 1.165) is 41.1 Å². The van der Waals surface area contributed by atoms with Crippen LogP contribution in [0.5, 0.6) is 0 Å². The lowest BCUT2D eigenvalue weighted by Crippen LogP contribution is -2.36. The van der Waals surface area contributed by atoms with Crippen molar-refractivity contribution in [3.63, 3.8) is 0 Å². The average Bonchev–Trinajstić information content (AvgIpc) is 2.68. The molecule has 0 unspecified atom stereocenters. The highest BCUT2D eigenvalue weighted by Gasteiger charge is 2.25. The van der Waals surface area contributed by atoms with E-state index in [1.165, 1.54) is 0 Å². The van der Waals surface area contributed by atoms with Gasteiger partial charge >= 0.3 is 5.97 Å². The Morgan fingerprint density at radius 3 is 2.64 bits per heavy atom. The van der Waals surface area contributed by atoms with E-state index in [1.807, 2.05) is 36.4 Å². The largest absolute Gasteiger partial charge is 0.481 e. The number of nitrogens with zero attached hydrogens (tertiary/aromatic N) is 3. The summed E-state index contributed by atoms with van der Waals surface area (Å²) in [6.45, 7) is 1.48. The van der Waals surface area contributed by atoms with E-state index >= 15 is 0 Å². The average molecular weight is 333 g/mol. The molecule has 3 aromatic rings. The summed E-state index contributed by atoms with van der Waals surface area (Å²) in [6, 6.07) is 16.1. The summed E-state index contributed by atoms with van der Waals surface area (Å²) in [5.41, 5.74) is 2.96. The van der Waals surface area contributed by atoms with Gasteiger partial charge in [-0.3, -0.25) is 9.78 Å². The molecule has 0 spiro atoms. The summed E-state index contributed by atoms with van der Waals surface area (Å²) < 4.78 is 0. The van der Waals surface area contributed by atoms with Crippen LogP contribution in [0, 0.1) is 5.92 Å². The van der Waals surface area contributed by atoms with Gasteiger partial charge in [0.1, 0.15) is 5.82 Å². The number of rotatable bonds is 3. The zero-order valence-electron chi connectivity index (χ0n) is 13.8. The molecule has 5 heteroatoms. The van der Waals surface area contributed by atoms with Crippen molar-refractivity contribution in [3.05, 3.63) is 54.7 Å². The third kappa shape index (κ3) is 3.18. The minimum Gasteiger partial charge on any atom is -0.481 e. The van der Waals surface area contributed by atoms with Gasteiger partial charge in [-0.1, -0.05) is 12.1 Å². The van der Waals surface area contributed by atoms with Gasteiger partial charge in [-0.2, -0.15) is 0 Å². The molecule has 2 aromatic heterocycles. The molecule has 1 saturated heterocycles. The summed E-state index contributed by atoms with van der Waals surface area (Å²) in [5, 5.41) is 10.2. The van der Waals surface area contributed by atoms with Crippen molar-refractivity contribution in [2.24, 2.45) is 5.92 Å². The van der Waals surface area contributed by atoms with E-state index in [1.54, 1.807) is 6.20 Å². The third-order valence-electron chi connectivity index (χ3n) is 4.80. The van der Waals surface area contributed by atoms with E-state index in [0.29, 0.717) is 12.8 Å². The van der Waals surface area contributed by atoms with Crippen LogP contribution in [-0.4, -0.2) is 34.1 Å². The van der Waals surface area contributed by atoms with Gasteiger partial charge in [-0.15, -0.1) is 0 Å². The van der Waals surface area contributed by atoms with Crippen molar-refractivity contribution < 1.29 is 9.90 Å². The molecule has 1 aromatic carbocycles. The van der Waals surface area contributed by atoms with Crippen LogP contribution in [0.1, 0.15) is 12.8 Å². The number of hydrogen-bond donors (Lipinski definition) is 1. The van der Waals surface area contributed by atoms with Crippen molar-refractivity contribution >= 4 is 22.7 Å². The predicted octanol–water partition coefficient (Wildman–Crippen LogP) is 3.60. The quantitative estimate of drug-likeness (QED) is 0.793. The molecule has 0 amide bonds. The van der Waals surface area contributed by atoms with Gasteiger partial charge in [0.05, 0.1) is 17.1 Å². The Morgan fingerprint density at radius 2 is 1.92 bits per heavy atom. The van der Waals surface area contributed by atoms with Gasteiger partial charge in [-0.25, -0.2) is 4.98 Å². The first-order valence-corrected chi connectivity index (χ1v) is 8.51. The molecule has 0 bridgehead atoms. The van der Waals surface area contributed by atoms with E-state index in [4.69, 9.17) is 10.1 Å². The SMILES string of the molecule is O=C(O)C1CCN(c2ccc3cc(-c4ccccn4)ccc3n2)CC1. The second-order valence-electron chi connectivity index (χ2n) is 6.39. The number of piperidine rings is 1. The molecule has 5 nitrogen and oxygen atoms in total. The molecule has 25 heavy (non-hydrogen) atoms. The first-order valence-electron chi connectivity index (χ1n) is 8.51. The van der Waals surface area contributed by atoms with Crippen LogP contribution in [0.4, 0.5) is 5.82 Å². The number of carboxylic acid groups (broad SMARTS) is 1. The Kier molecular flexibility index (Phi) is 4.06. The van der Waals surface area contributed by atoms with Gasteiger partial charge in [-0.05, 0) is 49.2 Å². The lowest BCUT2D eigenvalue weighted by molar-refractivity contribution is -0.142. The third-order valence-corrected chi connectivity index (χ3v) is 4.80. The number of aliphatic carboxylic acids is 1. The highest BCUT2D eigenvalue weighted by Crippen LogP contribution is 2.26. The van der Waals surface area contributed by atoms with Crippen LogP contribution in [0.15, 0.2) is 54.7 Å². The fraction of sp³-hybridized carbons (Fsp3) is 0.250. The normalized spacial score (nSPS) is 15.4. The van der Waals surface area contributed by atoms with Crippen molar-refractivity contribution in [3.8, 4) is 11.3 Å². The Labute approximate surface area is 146 Å². The van der Waals surface area contributed by atoms with Crippen LogP contribution >= 0.6 is 0 Å². The molecule has 1 fully saturated rings. The van der Waals surface area contributed by atoms with Crippen LogP contribution in [0.3, 0.4) is 0 Å². The lowest BCUT2D eigenvalue weighted by atomic mass is 9.97. The summed E-state index contributed by atoms with van der Waals surface area (Å²) in [5.74, 6) is 0.00716. The van der Waals surface area contributed by atoms with Gasteiger partial charge in [0.15, 0.2) is 0 Å². The summed E-state index contributed by atoms with van der Waals surface area (Å²) >= 11 is 0. The van der Waals surface area contributed by atoms with Gasteiger partial charge in [0, 0.05) is 30.2 Å². The minimum absolute atomic E-state index is 0.224. The Morgan fingerprint density at radius 1 is 1.08 bits per heavy atom. The maximum absolute atomic E-state index is 11.1. The zero-order chi connectivity index (χ0) is 17.2. The Balaban J connectivity index is 1.58. The summed E-state index contributed by atoms with van der Waals surface area (Å²) in [4.78, 5) is 22.4. The number of aromatic nitrogens is 2. The number of fused-ring (bicyclic) bond motifs is 1. The minimum atomic E-state index is -0.687. The molecule has 0 atom stereocenters. The van der Waals surface area contributed by atoms with Crippen molar-refractivity contribution in [2.45, 2.75) is 12.8 Å². The fourth-order valence-corrected chi connectivity index (χ4v) is 3.34. The van der Waals surface area contributed by atoms with E-state index in [9.17, 15) is 4.79 Å². The summed E-state index contributed by atoms with van der Waals surface area (Å²) in [7, 11) is 0. The Hall–Kier alpha value is -2.95. The molecule has 1 aliphatic rings. The number of hydrogen-bond acceptors (Lipinski definition) is 4. The first-order chi connectivity index (χ1) is 12.2. The van der Waals surface area contributed by atoms with Gasteiger partial charge in [0.2, 0.25) is 0 Å². The number of carboxylic acids is 1. The molecular weight excluding hydrogens is 314 g/mol. The maximum Gasteiger partial charge on any atom is 0.306 e. The van der Waals surface area contributed by atoms with Crippen LogP contribution in [-0.2, 0) is 4.79 Å². The molecule has 4 rings (SSSR count). The van der Waals surface area contributed by atoms with Crippen molar-refractivity contribution in [2.75, 3.05) is 18.0 Å². The molecule has 126 valence electrons. The Bertz CT molecular complexity index is 903. The van der Waals surface area contributed by atoms with E-state index in [2.05, 4.69) is 22.0 Å². The number of benzene rings is 1. The first kappa shape index (κ1) is 15.6. The highest BCUT2D eigenvalue weighted by molar-refractivity contribution is 5.85. The van der Waals surface area contributed by atoms with Crippen LogP contribution in [0.2, 0.25) is 0 Å². The zero-order valence-corrected chi connectivity index (χ0v) is 13.8. The molecule has 3 heterocycles. The maximum atomic E-state index is 11.1. The molecular formula is C20H19N3O2. The van der Waals surface area contributed by atoms with Crippen LogP contribution in [0.25, 0.3) is 22.2 Å². The number of pyridine rings is 2. The standard InChI is InChI=1S/C20H19N3O2/c24-20(25)14-8-11-23(12-9-14)19-7-5-16-13-15(4-6-18(16)22-19)17-3-1-2-10-21-17/h1-7,10,13-14H,8-9,11-12H2,(H,24,25). The monoisotopic (exact) mass is 333 g/mol. The number of anilines is 1. The van der Waals surface area contributed by atoms with Crippen molar-refractivity contribution in [1.82, 2.24) is 9.97 Å². The van der Waals surface area contributed by atoms with E-state index in [-0.39, 0.29) is 5.92 Å². The smallest absolute Gasteiger partial charge is 0.306 e. The predicted molar refractivity (Wildman–Crippen MR) is 97.5 cm³/mol. The highest BCUT2D eigenvalue weighted by atomic mass is 16.4. The molecule has 1 aliphatic heterocycles. The molecule has 0 radical (unpaired) electrons. The fourth-order valence-electron chi connectivity index (χ4n) is 3.34. The van der Waals surface area contributed by atoms with Gasteiger partial charge < -0.3 is 10.0 Å². The molecule has 0 aliphatic carbocycles.